The Morgan fingerprint density at radius 1 is 0.964 bits per heavy atom. The zero-order valence-electron chi connectivity index (χ0n) is 15.6. The van der Waals surface area contributed by atoms with Crippen LogP contribution < -0.4 is 5.32 Å². The summed E-state index contributed by atoms with van der Waals surface area (Å²) in [6.45, 7) is 4.07. The van der Waals surface area contributed by atoms with Crippen LogP contribution in [-0.2, 0) is 4.79 Å². The number of aromatic nitrogens is 2. The van der Waals surface area contributed by atoms with Gasteiger partial charge in [0.15, 0.2) is 11.6 Å². The van der Waals surface area contributed by atoms with E-state index in [1.165, 1.54) is 0 Å². The van der Waals surface area contributed by atoms with Crippen molar-refractivity contribution < 1.29 is 14.4 Å². The van der Waals surface area contributed by atoms with Gasteiger partial charge in [0.1, 0.15) is 0 Å². The first-order valence-corrected chi connectivity index (χ1v) is 9.33. The topological polar surface area (TPSA) is 91.9 Å². The van der Waals surface area contributed by atoms with Crippen molar-refractivity contribution in [3.05, 3.63) is 75.9 Å². The number of allylic oxidation sites excluding steroid dienone is 4. The number of hydrogen-bond acceptors (Lipinski definition) is 5. The quantitative estimate of drug-likeness (QED) is 0.801. The molecule has 1 unspecified atom stereocenters. The first-order chi connectivity index (χ1) is 13.4. The minimum absolute atomic E-state index is 0.00240. The average Bonchev–Trinajstić information content (AvgIpc) is 3.18. The molecule has 0 fully saturated rings. The van der Waals surface area contributed by atoms with Crippen molar-refractivity contribution in [3.63, 3.8) is 0 Å². The van der Waals surface area contributed by atoms with Crippen LogP contribution in [0.4, 0.5) is 0 Å². The van der Waals surface area contributed by atoms with Gasteiger partial charge in [-0.2, -0.15) is 5.10 Å². The molecule has 2 aliphatic carbocycles. The predicted molar refractivity (Wildman–Crippen MR) is 102 cm³/mol. The molecule has 140 valence electrons. The molecular weight excluding hydrogens is 354 g/mol. The number of nitrogens with zero attached hydrogens (tertiary/aromatic N) is 1. The van der Waals surface area contributed by atoms with E-state index in [1.807, 2.05) is 13.8 Å². The molecule has 0 saturated carbocycles. The van der Waals surface area contributed by atoms with E-state index >= 15 is 0 Å². The van der Waals surface area contributed by atoms with E-state index in [-0.39, 0.29) is 28.5 Å². The number of Topliss-reactive ketones (excluding diaryl/α,β-unsaturated/α-hetero) is 3. The molecular formula is C22H19N3O3. The number of hydrogen-bond donors (Lipinski definition) is 2. The highest BCUT2D eigenvalue weighted by Crippen LogP contribution is 2.48. The number of nitrogens with one attached hydrogen (secondary N) is 2. The molecule has 2 aromatic rings. The molecule has 3 aliphatic rings. The van der Waals surface area contributed by atoms with Gasteiger partial charge in [0.2, 0.25) is 5.78 Å². The number of carbonyl (C=O) groups is 3. The highest BCUT2D eigenvalue weighted by atomic mass is 16.1. The summed E-state index contributed by atoms with van der Waals surface area (Å²) in [6.07, 6.45) is 2.70. The smallest absolute Gasteiger partial charge is 0.210 e. The summed E-state index contributed by atoms with van der Waals surface area (Å²) >= 11 is 0. The van der Waals surface area contributed by atoms with Crippen LogP contribution in [-0.4, -0.2) is 27.5 Å². The molecule has 0 spiro atoms. The van der Waals surface area contributed by atoms with Crippen molar-refractivity contribution in [2.24, 2.45) is 5.41 Å². The Hall–Kier alpha value is -3.28. The molecule has 0 radical (unpaired) electrons. The maximum absolute atomic E-state index is 13.4. The van der Waals surface area contributed by atoms with Gasteiger partial charge in [0.05, 0.1) is 17.3 Å². The lowest BCUT2D eigenvalue weighted by Crippen LogP contribution is -2.42. The summed E-state index contributed by atoms with van der Waals surface area (Å²) in [7, 11) is 0. The number of aromatic amines is 1. The van der Waals surface area contributed by atoms with Crippen molar-refractivity contribution >= 4 is 17.3 Å². The molecule has 28 heavy (non-hydrogen) atoms. The summed E-state index contributed by atoms with van der Waals surface area (Å²) in [5, 5.41) is 10.2. The molecule has 0 saturated heterocycles. The van der Waals surface area contributed by atoms with Crippen molar-refractivity contribution in [2.45, 2.75) is 32.6 Å². The summed E-state index contributed by atoms with van der Waals surface area (Å²) in [5.74, 6) is -1.08. The third-order valence-electron chi connectivity index (χ3n) is 5.75. The van der Waals surface area contributed by atoms with Crippen LogP contribution in [0.2, 0.25) is 0 Å². The van der Waals surface area contributed by atoms with E-state index in [0.29, 0.717) is 40.8 Å². The fourth-order valence-corrected chi connectivity index (χ4v) is 4.60. The van der Waals surface area contributed by atoms with Gasteiger partial charge in [-0.05, 0) is 17.9 Å². The van der Waals surface area contributed by atoms with Crippen molar-refractivity contribution in [1.82, 2.24) is 15.5 Å². The fraction of sp³-hybridized carbons (Fsp3) is 0.273. The van der Waals surface area contributed by atoms with Gasteiger partial charge in [-0.1, -0.05) is 38.1 Å². The van der Waals surface area contributed by atoms with E-state index in [0.717, 1.165) is 5.70 Å². The number of fused-ring (bicyclic) bond motifs is 1. The lowest BCUT2D eigenvalue weighted by atomic mass is 9.67. The Morgan fingerprint density at radius 3 is 2.36 bits per heavy atom. The lowest BCUT2D eigenvalue weighted by Gasteiger charge is -2.40. The van der Waals surface area contributed by atoms with Gasteiger partial charge in [0, 0.05) is 40.6 Å². The largest absolute Gasteiger partial charge is 0.355 e. The van der Waals surface area contributed by atoms with Gasteiger partial charge in [-0.25, -0.2) is 0 Å². The lowest BCUT2D eigenvalue weighted by molar-refractivity contribution is -0.118. The molecule has 1 atom stereocenters. The summed E-state index contributed by atoms with van der Waals surface area (Å²) in [5.41, 5.74) is 3.03. The second-order valence-electron chi connectivity index (χ2n) is 8.38. The first kappa shape index (κ1) is 16.9. The highest BCUT2D eigenvalue weighted by Gasteiger charge is 2.47. The van der Waals surface area contributed by atoms with Gasteiger partial charge >= 0.3 is 0 Å². The average molecular weight is 373 g/mol. The second kappa shape index (κ2) is 5.61. The number of H-pyrrole nitrogens is 1. The third kappa shape index (κ3) is 2.27. The molecule has 6 nitrogen and oxygen atoms in total. The molecule has 5 rings (SSSR count). The van der Waals surface area contributed by atoms with Crippen LogP contribution >= 0.6 is 0 Å². The van der Waals surface area contributed by atoms with E-state index in [2.05, 4.69) is 15.5 Å². The third-order valence-corrected chi connectivity index (χ3v) is 5.75. The Balaban J connectivity index is 1.76. The second-order valence-corrected chi connectivity index (χ2v) is 8.38. The molecule has 1 aromatic heterocycles. The Morgan fingerprint density at radius 2 is 1.68 bits per heavy atom. The SMILES string of the molecule is CC1(C)CC(=O)C2=C(C1)NC1=C(C(=O)c3ccccc3C1=O)C2c1cc[nH]n1. The molecule has 1 aliphatic heterocycles. The summed E-state index contributed by atoms with van der Waals surface area (Å²) in [4.78, 5) is 39.7. The maximum Gasteiger partial charge on any atom is 0.210 e. The number of ketones is 3. The van der Waals surface area contributed by atoms with E-state index in [4.69, 9.17) is 0 Å². The summed E-state index contributed by atoms with van der Waals surface area (Å²) in [6, 6.07) is 8.59. The van der Waals surface area contributed by atoms with Crippen LogP contribution in [0.5, 0.6) is 0 Å². The van der Waals surface area contributed by atoms with E-state index in [1.54, 1.807) is 36.5 Å². The minimum atomic E-state index is -0.633. The summed E-state index contributed by atoms with van der Waals surface area (Å²) < 4.78 is 0. The van der Waals surface area contributed by atoms with Crippen molar-refractivity contribution in [2.75, 3.05) is 0 Å². The molecule has 1 aromatic carbocycles. The molecule has 6 heteroatoms. The van der Waals surface area contributed by atoms with Gasteiger partial charge in [-0.15, -0.1) is 0 Å². The number of dihydropyridines is 1. The first-order valence-electron chi connectivity index (χ1n) is 9.33. The van der Waals surface area contributed by atoms with Crippen LogP contribution in [0.1, 0.15) is 59.0 Å². The van der Waals surface area contributed by atoms with Crippen LogP contribution in [0, 0.1) is 5.41 Å². The van der Waals surface area contributed by atoms with E-state index < -0.39 is 5.92 Å². The monoisotopic (exact) mass is 373 g/mol. The zero-order chi connectivity index (χ0) is 19.6. The van der Waals surface area contributed by atoms with Gasteiger partial charge in [-0.3, -0.25) is 19.5 Å². The number of carbonyl (C=O) groups excluding carboxylic acids is 3. The van der Waals surface area contributed by atoms with Crippen LogP contribution in [0.15, 0.2) is 59.1 Å². The molecule has 0 amide bonds. The van der Waals surface area contributed by atoms with Crippen molar-refractivity contribution in [3.8, 4) is 0 Å². The van der Waals surface area contributed by atoms with Crippen LogP contribution in [0.3, 0.4) is 0 Å². The Labute approximate surface area is 161 Å². The number of benzene rings is 1. The Kier molecular flexibility index (Phi) is 3.38. The molecule has 0 bridgehead atoms. The van der Waals surface area contributed by atoms with Crippen LogP contribution in [0.25, 0.3) is 0 Å². The Bertz CT molecular complexity index is 1120. The highest BCUT2D eigenvalue weighted by molar-refractivity contribution is 6.28. The van der Waals surface area contributed by atoms with Gasteiger partial charge < -0.3 is 5.32 Å². The fourth-order valence-electron chi connectivity index (χ4n) is 4.60. The molecule has 2 N–H and O–H groups in total. The standard InChI is InChI=1S/C22H19N3O3/c1-22(2)9-14-16(15(26)10-22)17(13-7-8-23-25-13)18-19(24-14)21(28)12-6-4-3-5-11(12)20(18)27/h3-8,17,24H,9-10H2,1-2H3,(H,23,25). The van der Waals surface area contributed by atoms with Gasteiger partial charge in [0.25, 0.3) is 0 Å². The predicted octanol–water partition coefficient (Wildman–Crippen LogP) is 3.07. The maximum atomic E-state index is 13.4. The number of rotatable bonds is 1. The van der Waals surface area contributed by atoms with E-state index in [9.17, 15) is 14.4 Å². The minimum Gasteiger partial charge on any atom is -0.355 e. The van der Waals surface area contributed by atoms with Crippen molar-refractivity contribution in [1.29, 1.82) is 0 Å². The normalized spacial score (nSPS) is 23.2. The zero-order valence-corrected chi connectivity index (χ0v) is 15.6. The molecule has 2 heterocycles.